The summed E-state index contributed by atoms with van der Waals surface area (Å²) in [5.41, 5.74) is 0. The molecule has 0 bridgehead atoms. The maximum absolute atomic E-state index is 11.9. The smallest absolute Gasteiger partial charge is 0.255 e. The SMILES string of the molecule is CCCOCCOCCOC(CCN1C(=O)C=CC1=O)N1C(=O)C=CC1=O. The second-order valence-electron chi connectivity index (χ2n) is 5.88. The van der Waals surface area contributed by atoms with Crippen LogP contribution in [0.15, 0.2) is 24.3 Å². The third-order valence-corrected chi connectivity index (χ3v) is 3.89. The van der Waals surface area contributed by atoms with Crippen molar-refractivity contribution in [2.24, 2.45) is 0 Å². The molecule has 148 valence electrons. The maximum atomic E-state index is 11.9. The molecule has 1 atom stereocenters. The van der Waals surface area contributed by atoms with Gasteiger partial charge in [0.1, 0.15) is 6.23 Å². The summed E-state index contributed by atoms with van der Waals surface area (Å²) in [6.45, 7) is 4.05. The molecule has 0 fully saturated rings. The monoisotopic (exact) mass is 380 g/mol. The average molecular weight is 380 g/mol. The van der Waals surface area contributed by atoms with Crippen molar-refractivity contribution in [2.45, 2.75) is 26.0 Å². The zero-order chi connectivity index (χ0) is 19.6. The molecule has 0 radical (unpaired) electrons. The topological polar surface area (TPSA) is 102 Å². The van der Waals surface area contributed by atoms with E-state index in [-0.39, 0.29) is 26.2 Å². The average Bonchev–Trinajstić information content (AvgIpc) is 3.15. The fraction of sp³-hybridized carbons (Fsp3) is 0.556. The van der Waals surface area contributed by atoms with E-state index in [1.807, 2.05) is 6.92 Å². The van der Waals surface area contributed by atoms with Crippen molar-refractivity contribution in [1.29, 1.82) is 0 Å². The van der Waals surface area contributed by atoms with Gasteiger partial charge in [-0.05, 0) is 6.42 Å². The number of amides is 4. The zero-order valence-corrected chi connectivity index (χ0v) is 15.3. The summed E-state index contributed by atoms with van der Waals surface area (Å²) in [6, 6.07) is 0. The van der Waals surface area contributed by atoms with E-state index in [0.29, 0.717) is 19.8 Å². The molecule has 0 aromatic heterocycles. The Balaban J connectivity index is 1.80. The summed E-state index contributed by atoms with van der Waals surface area (Å²) >= 11 is 0. The lowest BCUT2D eigenvalue weighted by Gasteiger charge is -2.27. The molecule has 0 saturated heterocycles. The van der Waals surface area contributed by atoms with Crippen molar-refractivity contribution in [3.05, 3.63) is 24.3 Å². The predicted molar refractivity (Wildman–Crippen MR) is 93.1 cm³/mol. The van der Waals surface area contributed by atoms with E-state index in [4.69, 9.17) is 14.2 Å². The van der Waals surface area contributed by atoms with Crippen LogP contribution in [-0.4, -0.2) is 79.2 Å². The lowest BCUT2D eigenvalue weighted by Crippen LogP contribution is -2.44. The fourth-order valence-corrected chi connectivity index (χ4v) is 2.58. The highest BCUT2D eigenvalue weighted by molar-refractivity contribution is 6.13. The first-order chi connectivity index (χ1) is 13.0. The second-order valence-corrected chi connectivity index (χ2v) is 5.88. The van der Waals surface area contributed by atoms with E-state index in [2.05, 4.69) is 0 Å². The number of carbonyl (C=O) groups is 4. The molecule has 0 N–H and O–H groups in total. The van der Waals surface area contributed by atoms with Gasteiger partial charge in [0.25, 0.3) is 23.6 Å². The molecule has 1 unspecified atom stereocenters. The summed E-state index contributed by atoms with van der Waals surface area (Å²) in [4.78, 5) is 49.1. The van der Waals surface area contributed by atoms with Crippen LogP contribution in [0, 0.1) is 0 Å². The van der Waals surface area contributed by atoms with Crippen molar-refractivity contribution in [2.75, 3.05) is 39.6 Å². The molecular formula is C18H24N2O7. The molecule has 4 amide bonds. The van der Waals surface area contributed by atoms with Crippen LogP contribution in [0.4, 0.5) is 0 Å². The number of nitrogens with zero attached hydrogens (tertiary/aromatic N) is 2. The van der Waals surface area contributed by atoms with Gasteiger partial charge in [-0.2, -0.15) is 0 Å². The van der Waals surface area contributed by atoms with Crippen LogP contribution in [0.25, 0.3) is 0 Å². The molecule has 0 aliphatic carbocycles. The van der Waals surface area contributed by atoms with Crippen LogP contribution < -0.4 is 0 Å². The Labute approximate surface area is 157 Å². The molecule has 9 nitrogen and oxygen atoms in total. The maximum Gasteiger partial charge on any atom is 0.255 e. The third kappa shape index (κ3) is 6.09. The molecule has 2 aliphatic heterocycles. The van der Waals surface area contributed by atoms with Gasteiger partial charge >= 0.3 is 0 Å². The number of carbonyl (C=O) groups excluding carboxylic acids is 4. The lowest BCUT2D eigenvalue weighted by atomic mass is 10.3. The molecular weight excluding hydrogens is 356 g/mol. The predicted octanol–water partition coefficient (Wildman–Crippen LogP) is 0.0124. The van der Waals surface area contributed by atoms with Crippen LogP contribution in [0.1, 0.15) is 19.8 Å². The van der Waals surface area contributed by atoms with Crippen molar-refractivity contribution in [3.63, 3.8) is 0 Å². The van der Waals surface area contributed by atoms with E-state index >= 15 is 0 Å². The molecule has 0 aromatic rings. The summed E-state index contributed by atoms with van der Waals surface area (Å²) in [7, 11) is 0. The first-order valence-electron chi connectivity index (χ1n) is 8.90. The minimum absolute atomic E-state index is 0.0398. The number of hydrogen-bond donors (Lipinski definition) is 0. The Morgan fingerprint density at radius 3 is 1.89 bits per heavy atom. The molecule has 27 heavy (non-hydrogen) atoms. The van der Waals surface area contributed by atoms with Crippen molar-refractivity contribution >= 4 is 23.6 Å². The minimum atomic E-state index is -0.888. The molecule has 2 rings (SSSR count). The van der Waals surface area contributed by atoms with E-state index in [9.17, 15) is 19.2 Å². The Bertz CT molecular complexity index is 593. The molecule has 0 aromatic carbocycles. The first-order valence-corrected chi connectivity index (χ1v) is 8.90. The van der Waals surface area contributed by atoms with Crippen LogP contribution >= 0.6 is 0 Å². The lowest BCUT2D eigenvalue weighted by molar-refractivity contribution is -0.155. The van der Waals surface area contributed by atoms with E-state index in [0.717, 1.165) is 28.4 Å². The van der Waals surface area contributed by atoms with E-state index in [1.54, 1.807) is 0 Å². The molecule has 0 spiro atoms. The van der Waals surface area contributed by atoms with Crippen LogP contribution in [0.5, 0.6) is 0 Å². The summed E-state index contributed by atoms with van der Waals surface area (Å²) in [5, 5.41) is 0. The van der Waals surface area contributed by atoms with Gasteiger partial charge in [0.05, 0.1) is 26.4 Å². The van der Waals surface area contributed by atoms with Gasteiger partial charge in [-0.15, -0.1) is 0 Å². The van der Waals surface area contributed by atoms with E-state index in [1.165, 1.54) is 12.2 Å². The molecule has 2 aliphatic rings. The zero-order valence-electron chi connectivity index (χ0n) is 15.3. The fourth-order valence-electron chi connectivity index (χ4n) is 2.58. The summed E-state index contributed by atoms with van der Waals surface area (Å²) in [6.07, 6.45) is 4.86. The minimum Gasteiger partial charge on any atom is -0.379 e. The Kier molecular flexibility index (Phi) is 8.31. The molecule has 2 heterocycles. The van der Waals surface area contributed by atoms with Crippen LogP contribution in [-0.2, 0) is 33.4 Å². The van der Waals surface area contributed by atoms with Gasteiger partial charge in [-0.25, -0.2) is 4.90 Å². The highest BCUT2D eigenvalue weighted by Gasteiger charge is 2.33. The van der Waals surface area contributed by atoms with Gasteiger partial charge in [0.15, 0.2) is 0 Å². The molecule has 9 heteroatoms. The van der Waals surface area contributed by atoms with Gasteiger partial charge < -0.3 is 14.2 Å². The normalized spacial score (nSPS) is 17.7. The highest BCUT2D eigenvalue weighted by Crippen LogP contribution is 2.15. The number of hydrogen-bond acceptors (Lipinski definition) is 7. The summed E-state index contributed by atoms with van der Waals surface area (Å²) in [5.74, 6) is -1.83. The van der Waals surface area contributed by atoms with Gasteiger partial charge in [-0.3, -0.25) is 24.1 Å². The number of imide groups is 2. The Morgan fingerprint density at radius 1 is 0.778 bits per heavy atom. The van der Waals surface area contributed by atoms with Gasteiger partial charge in [0.2, 0.25) is 0 Å². The third-order valence-electron chi connectivity index (χ3n) is 3.89. The second kappa shape index (κ2) is 10.7. The molecule has 0 saturated carbocycles. The highest BCUT2D eigenvalue weighted by atomic mass is 16.6. The summed E-state index contributed by atoms with van der Waals surface area (Å²) < 4.78 is 16.3. The van der Waals surface area contributed by atoms with Gasteiger partial charge in [-0.1, -0.05) is 6.92 Å². The van der Waals surface area contributed by atoms with Crippen molar-refractivity contribution < 1.29 is 33.4 Å². The Morgan fingerprint density at radius 2 is 1.30 bits per heavy atom. The van der Waals surface area contributed by atoms with Crippen molar-refractivity contribution in [1.82, 2.24) is 9.80 Å². The van der Waals surface area contributed by atoms with E-state index < -0.39 is 29.9 Å². The quantitative estimate of drug-likeness (QED) is 0.328. The van der Waals surface area contributed by atoms with Crippen molar-refractivity contribution in [3.8, 4) is 0 Å². The van der Waals surface area contributed by atoms with Crippen LogP contribution in [0.3, 0.4) is 0 Å². The standard InChI is InChI=1S/C18H24N2O7/c1-2-9-25-10-11-26-12-13-27-18(20-16(23)5-6-17(20)24)7-8-19-14(21)3-4-15(19)22/h3-6,18H,2,7-13H2,1H3. The largest absolute Gasteiger partial charge is 0.379 e. The Hall–Kier alpha value is -2.36. The first kappa shape index (κ1) is 20.9. The number of rotatable bonds is 13. The number of ether oxygens (including phenoxy) is 3. The van der Waals surface area contributed by atoms with Gasteiger partial charge in [0, 0.05) is 43.9 Å². The van der Waals surface area contributed by atoms with Crippen LogP contribution in [0.2, 0.25) is 0 Å².